The molecule has 0 aliphatic carbocycles. The van der Waals surface area contributed by atoms with Gasteiger partial charge in [0, 0.05) is 24.3 Å². The van der Waals surface area contributed by atoms with E-state index in [1.807, 2.05) is 36.5 Å². The Morgan fingerprint density at radius 1 is 1.06 bits per heavy atom. The zero-order valence-electron chi connectivity index (χ0n) is 20.5. The largest absolute Gasteiger partial charge is 0.397 e. The number of aromatic nitrogens is 1. The van der Waals surface area contributed by atoms with E-state index < -0.39 is 0 Å². The van der Waals surface area contributed by atoms with Crippen LogP contribution in [0.5, 0.6) is 0 Å². The Labute approximate surface area is 212 Å². The van der Waals surface area contributed by atoms with Crippen LogP contribution in [0.15, 0.2) is 60.8 Å². The Morgan fingerprint density at radius 3 is 2.47 bits per heavy atom. The average molecular weight is 481 g/mol. The summed E-state index contributed by atoms with van der Waals surface area (Å²) < 4.78 is 0. The molecule has 7 nitrogen and oxygen atoms in total. The molecule has 7 heteroatoms. The molecule has 0 radical (unpaired) electrons. The molecule has 36 heavy (non-hydrogen) atoms. The summed E-state index contributed by atoms with van der Waals surface area (Å²) in [4.78, 5) is 26.2. The molecule has 0 bridgehead atoms. The van der Waals surface area contributed by atoms with Gasteiger partial charge in [-0.05, 0) is 93.3 Å². The van der Waals surface area contributed by atoms with Crippen molar-refractivity contribution in [2.24, 2.45) is 0 Å². The maximum Gasteiger partial charge on any atom is 0.255 e. The van der Waals surface area contributed by atoms with Crippen molar-refractivity contribution in [3.8, 4) is 11.3 Å². The third kappa shape index (κ3) is 5.40. The normalized spacial score (nSPS) is 17.1. The average Bonchev–Trinajstić information content (AvgIpc) is 3.46. The van der Waals surface area contributed by atoms with Gasteiger partial charge in [0.1, 0.15) is 0 Å². The number of rotatable bonds is 6. The monoisotopic (exact) mass is 480 g/mol. The molecule has 2 fully saturated rings. The van der Waals surface area contributed by atoms with Crippen molar-refractivity contribution in [3.63, 3.8) is 0 Å². The maximum atomic E-state index is 12.6. The van der Waals surface area contributed by atoms with Crippen LogP contribution in [0.4, 0.5) is 17.1 Å². The predicted molar refractivity (Wildman–Crippen MR) is 144 cm³/mol. The molecule has 0 spiro atoms. The van der Waals surface area contributed by atoms with Gasteiger partial charge in [-0.3, -0.25) is 14.7 Å². The summed E-state index contributed by atoms with van der Waals surface area (Å²) in [5, 5.41) is 2.84. The number of benzene rings is 2. The molecule has 0 unspecified atom stereocenters. The molecule has 3 aromatic rings. The molecule has 2 aliphatic heterocycles. The van der Waals surface area contributed by atoms with E-state index in [4.69, 9.17) is 12.3 Å². The fourth-order valence-electron chi connectivity index (χ4n) is 5.28. The summed E-state index contributed by atoms with van der Waals surface area (Å²) in [7, 11) is 0. The Bertz CT molecular complexity index is 1250. The van der Waals surface area contributed by atoms with E-state index in [1.54, 1.807) is 24.3 Å². The molecule has 2 saturated heterocycles. The van der Waals surface area contributed by atoms with Crippen LogP contribution in [-0.2, 0) is 6.54 Å². The first-order chi connectivity index (χ1) is 17.6. The molecular weight excluding hydrogens is 448 g/mol. The molecule has 2 aliphatic rings. The van der Waals surface area contributed by atoms with Crippen molar-refractivity contribution >= 4 is 23.0 Å². The summed E-state index contributed by atoms with van der Waals surface area (Å²) in [6, 6.07) is 17.0. The number of nitrogens with two attached hydrogens (primary N) is 1. The number of hydrogen-bond acceptors (Lipinski definition) is 5. The number of amides is 1. The first-order valence-corrected chi connectivity index (χ1v) is 12.7. The van der Waals surface area contributed by atoms with E-state index in [1.165, 1.54) is 38.8 Å². The molecule has 2 aromatic carbocycles. The highest BCUT2D eigenvalue weighted by Gasteiger charge is 2.26. The molecule has 184 valence electrons. The highest BCUT2D eigenvalue weighted by Crippen LogP contribution is 2.30. The Morgan fingerprint density at radius 2 is 1.78 bits per heavy atom. The lowest BCUT2D eigenvalue weighted by atomic mass is 10.0. The van der Waals surface area contributed by atoms with Crippen LogP contribution < -0.4 is 11.1 Å². The third-order valence-electron chi connectivity index (χ3n) is 7.29. The van der Waals surface area contributed by atoms with Gasteiger partial charge in [0.05, 0.1) is 23.6 Å². The zero-order valence-corrected chi connectivity index (χ0v) is 20.5. The number of para-hydroxylation sites is 2. The predicted octanol–water partition coefficient (Wildman–Crippen LogP) is 5.19. The molecule has 1 amide bonds. The number of nitrogens with zero attached hydrogens (tertiary/aromatic N) is 4. The van der Waals surface area contributed by atoms with E-state index in [0.29, 0.717) is 28.3 Å². The first kappa shape index (κ1) is 24.0. The van der Waals surface area contributed by atoms with Crippen LogP contribution in [0.2, 0.25) is 0 Å². The summed E-state index contributed by atoms with van der Waals surface area (Å²) in [5.41, 5.74) is 10.6. The molecular formula is C29H32N6O. The number of carbonyl (C=O) groups excluding carboxylic acids is 1. The van der Waals surface area contributed by atoms with Crippen molar-refractivity contribution in [3.05, 3.63) is 83.3 Å². The van der Waals surface area contributed by atoms with E-state index in [2.05, 4.69) is 24.9 Å². The topological polar surface area (TPSA) is 78.8 Å². The lowest BCUT2D eigenvalue weighted by Gasteiger charge is -2.36. The van der Waals surface area contributed by atoms with Gasteiger partial charge in [-0.2, -0.15) is 0 Å². The molecule has 5 rings (SSSR count). The third-order valence-corrected chi connectivity index (χ3v) is 7.29. The minimum Gasteiger partial charge on any atom is -0.397 e. The van der Waals surface area contributed by atoms with Crippen LogP contribution in [-0.4, -0.2) is 52.9 Å². The van der Waals surface area contributed by atoms with E-state index in [-0.39, 0.29) is 5.91 Å². The zero-order chi connectivity index (χ0) is 24.9. The van der Waals surface area contributed by atoms with Crippen LogP contribution in [0, 0.1) is 6.57 Å². The molecule has 3 N–H and O–H groups in total. The Hall–Kier alpha value is -3.73. The van der Waals surface area contributed by atoms with Gasteiger partial charge in [0.25, 0.3) is 5.91 Å². The summed E-state index contributed by atoms with van der Waals surface area (Å²) in [5.74, 6) is -0.235. The number of hydrogen-bond donors (Lipinski definition) is 2. The Kier molecular flexibility index (Phi) is 7.26. The summed E-state index contributed by atoms with van der Waals surface area (Å²) >= 11 is 0. The number of carbonyl (C=O) groups is 1. The number of likely N-dealkylation sites (tertiary alicyclic amines) is 2. The van der Waals surface area contributed by atoms with Gasteiger partial charge in [-0.25, -0.2) is 4.85 Å². The van der Waals surface area contributed by atoms with Gasteiger partial charge in [-0.1, -0.05) is 24.3 Å². The number of pyridine rings is 1. The standard InChI is InChI=1S/C29H32N6O/c1-31-27-18-21(20-34-16-12-24(13-17-34)35-14-4-5-15-35)19-32-28(27)22-8-10-23(11-9-22)29(36)33-26-7-3-2-6-25(26)30/h2-3,6-11,18-19,24H,4-5,12-17,20,30H2,(H,33,36). The van der Waals surface area contributed by atoms with Gasteiger partial charge in [0.15, 0.2) is 0 Å². The Balaban J connectivity index is 1.23. The second-order valence-electron chi connectivity index (χ2n) is 9.69. The second-order valence-corrected chi connectivity index (χ2v) is 9.69. The van der Waals surface area contributed by atoms with Crippen LogP contribution in [0.25, 0.3) is 16.1 Å². The van der Waals surface area contributed by atoms with Crippen molar-refractivity contribution in [2.75, 3.05) is 37.2 Å². The lowest BCUT2D eigenvalue weighted by Crippen LogP contribution is -2.43. The van der Waals surface area contributed by atoms with Crippen molar-refractivity contribution in [2.45, 2.75) is 38.3 Å². The van der Waals surface area contributed by atoms with E-state index in [0.717, 1.165) is 36.8 Å². The van der Waals surface area contributed by atoms with Crippen LogP contribution >= 0.6 is 0 Å². The highest BCUT2D eigenvalue weighted by molar-refractivity contribution is 6.06. The smallest absolute Gasteiger partial charge is 0.255 e. The van der Waals surface area contributed by atoms with Crippen molar-refractivity contribution in [1.82, 2.24) is 14.8 Å². The molecule has 3 heterocycles. The van der Waals surface area contributed by atoms with Gasteiger partial charge < -0.3 is 16.0 Å². The lowest BCUT2D eigenvalue weighted by molar-refractivity contribution is 0.102. The van der Waals surface area contributed by atoms with Crippen molar-refractivity contribution < 1.29 is 4.79 Å². The highest BCUT2D eigenvalue weighted by atomic mass is 16.1. The number of piperidine rings is 1. The second kappa shape index (κ2) is 10.9. The van der Waals surface area contributed by atoms with Crippen LogP contribution in [0.3, 0.4) is 0 Å². The minimum atomic E-state index is -0.235. The first-order valence-electron chi connectivity index (χ1n) is 12.7. The van der Waals surface area contributed by atoms with Crippen molar-refractivity contribution in [1.29, 1.82) is 0 Å². The maximum absolute atomic E-state index is 12.6. The SMILES string of the molecule is [C-]#[N+]c1cc(CN2CCC(N3CCCC3)CC2)cnc1-c1ccc(C(=O)Nc2ccccc2N)cc1. The molecule has 0 saturated carbocycles. The number of nitrogen functional groups attached to an aromatic ring is 1. The molecule has 1 aromatic heterocycles. The van der Waals surface area contributed by atoms with Gasteiger partial charge in [-0.15, -0.1) is 0 Å². The fourth-order valence-corrected chi connectivity index (χ4v) is 5.28. The van der Waals surface area contributed by atoms with E-state index >= 15 is 0 Å². The van der Waals surface area contributed by atoms with Gasteiger partial charge in [0.2, 0.25) is 5.69 Å². The van der Waals surface area contributed by atoms with Gasteiger partial charge >= 0.3 is 0 Å². The van der Waals surface area contributed by atoms with Crippen LogP contribution in [0.1, 0.15) is 41.6 Å². The fraction of sp³-hybridized carbons (Fsp3) is 0.345. The summed E-state index contributed by atoms with van der Waals surface area (Å²) in [6.07, 6.45) is 7.01. The minimum absolute atomic E-state index is 0.235. The number of nitrogens with one attached hydrogen (secondary N) is 1. The summed E-state index contributed by atoms with van der Waals surface area (Å²) in [6.45, 7) is 13.2. The number of anilines is 2. The molecule has 0 atom stereocenters. The quantitative estimate of drug-likeness (QED) is 0.375. The van der Waals surface area contributed by atoms with E-state index in [9.17, 15) is 4.79 Å².